The van der Waals surface area contributed by atoms with Crippen molar-refractivity contribution >= 4 is 31.9 Å². The third-order valence-corrected chi connectivity index (χ3v) is 4.33. The lowest BCUT2D eigenvalue weighted by atomic mass is 10.1. The lowest BCUT2D eigenvalue weighted by molar-refractivity contribution is 0.204. The van der Waals surface area contributed by atoms with Gasteiger partial charge in [0.15, 0.2) is 0 Å². The van der Waals surface area contributed by atoms with Crippen molar-refractivity contribution in [3.63, 3.8) is 0 Å². The van der Waals surface area contributed by atoms with Crippen LogP contribution < -0.4 is 0 Å². The van der Waals surface area contributed by atoms with E-state index < -0.39 is 6.10 Å². The van der Waals surface area contributed by atoms with E-state index in [2.05, 4.69) is 37.0 Å². The fourth-order valence-corrected chi connectivity index (χ4v) is 2.87. The molecule has 0 bridgehead atoms. The Hall–Kier alpha value is -0.760. The first-order valence-corrected chi connectivity index (χ1v) is 7.97. The number of aromatic nitrogens is 2. The molecular weight excluding hydrogens is 405 g/mol. The van der Waals surface area contributed by atoms with Crippen LogP contribution in [-0.2, 0) is 6.54 Å². The van der Waals surface area contributed by atoms with Gasteiger partial charge in [-0.1, -0.05) is 6.07 Å². The van der Waals surface area contributed by atoms with Crippen molar-refractivity contribution in [1.29, 1.82) is 0 Å². The number of hydrogen-bond donors (Lipinski definition) is 1. The second-order valence-corrected chi connectivity index (χ2v) is 6.69. The van der Waals surface area contributed by atoms with E-state index in [4.69, 9.17) is 0 Å². The largest absolute Gasteiger partial charge is 0.382 e. The first kappa shape index (κ1) is 16.6. The van der Waals surface area contributed by atoms with Crippen LogP contribution in [0.25, 0.3) is 0 Å². The van der Waals surface area contributed by atoms with E-state index in [1.807, 2.05) is 19.0 Å². The predicted molar refractivity (Wildman–Crippen MR) is 86.6 cm³/mol. The minimum atomic E-state index is -0.874. The van der Waals surface area contributed by atoms with E-state index in [0.717, 1.165) is 11.0 Å². The van der Waals surface area contributed by atoms with Gasteiger partial charge < -0.3 is 10.0 Å². The summed E-state index contributed by atoms with van der Waals surface area (Å²) < 4.78 is 16.1. The van der Waals surface area contributed by atoms with Gasteiger partial charge in [0.05, 0.1) is 27.4 Å². The van der Waals surface area contributed by atoms with Crippen molar-refractivity contribution in [2.45, 2.75) is 12.6 Å². The van der Waals surface area contributed by atoms with Crippen molar-refractivity contribution in [3.8, 4) is 0 Å². The van der Waals surface area contributed by atoms with Gasteiger partial charge in [-0.25, -0.2) is 4.39 Å². The van der Waals surface area contributed by atoms with Crippen LogP contribution in [0.1, 0.15) is 17.4 Å². The summed E-state index contributed by atoms with van der Waals surface area (Å²) in [5, 5.41) is 14.8. The van der Waals surface area contributed by atoms with Crippen LogP contribution in [0.5, 0.6) is 0 Å². The van der Waals surface area contributed by atoms with Gasteiger partial charge in [0, 0.05) is 6.54 Å². The van der Waals surface area contributed by atoms with Gasteiger partial charge >= 0.3 is 0 Å². The van der Waals surface area contributed by atoms with Gasteiger partial charge in [0.2, 0.25) is 0 Å². The Morgan fingerprint density at radius 3 is 2.67 bits per heavy atom. The van der Waals surface area contributed by atoms with Crippen LogP contribution in [-0.4, -0.2) is 40.4 Å². The van der Waals surface area contributed by atoms with E-state index >= 15 is 0 Å². The molecule has 0 amide bonds. The van der Waals surface area contributed by atoms with Crippen LogP contribution in [0, 0.1) is 5.82 Å². The molecule has 2 rings (SSSR count). The highest BCUT2D eigenvalue weighted by Crippen LogP contribution is 2.30. The van der Waals surface area contributed by atoms with E-state index in [9.17, 15) is 9.50 Å². The molecule has 114 valence electrons. The lowest BCUT2D eigenvalue weighted by Gasteiger charge is -2.16. The van der Waals surface area contributed by atoms with Gasteiger partial charge in [-0.2, -0.15) is 5.10 Å². The summed E-state index contributed by atoms with van der Waals surface area (Å²) in [5.74, 6) is -0.355. The van der Waals surface area contributed by atoms with Crippen LogP contribution in [0.2, 0.25) is 0 Å². The number of rotatable bonds is 5. The van der Waals surface area contributed by atoms with Crippen molar-refractivity contribution in [2.75, 3.05) is 20.6 Å². The maximum absolute atomic E-state index is 13.3. The Bertz CT molecular complexity index is 631. The van der Waals surface area contributed by atoms with Gasteiger partial charge in [0.25, 0.3) is 0 Å². The van der Waals surface area contributed by atoms with Gasteiger partial charge in [-0.15, -0.1) is 0 Å². The van der Waals surface area contributed by atoms with Crippen molar-refractivity contribution < 1.29 is 9.50 Å². The molecule has 1 aromatic heterocycles. The Morgan fingerprint density at radius 1 is 1.33 bits per heavy atom. The van der Waals surface area contributed by atoms with Crippen LogP contribution in [0.15, 0.2) is 33.3 Å². The Kier molecular flexibility index (Phi) is 5.54. The smallest absolute Gasteiger partial charge is 0.137 e. The summed E-state index contributed by atoms with van der Waals surface area (Å²) in [7, 11) is 3.96. The molecule has 4 nitrogen and oxygen atoms in total. The number of aliphatic hydroxyl groups is 1. The van der Waals surface area contributed by atoms with Gasteiger partial charge in [0.1, 0.15) is 11.9 Å². The Labute approximate surface area is 139 Å². The zero-order chi connectivity index (χ0) is 15.6. The minimum Gasteiger partial charge on any atom is -0.382 e. The molecule has 21 heavy (non-hydrogen) atoms. The summed E-state index contributed by atoms with van der Waals surface area (Å²) in [6.07, 6.45) is 0.785. The van der Waals surface area contributed by atoms with Gasteiger partial charge in [-0.05, 0) is 63.7 Å². The molecule has 2 aromatic rings. The number of hydrogen-bond acceptors (Lipinski definition) is 3. The summed E-state index contributed by atoms with van der Waals surface area (Å²) in [5.41, 5.74) is 1.27. The third kappa shape index (κ3) is 3.91. The molecule has 1 atom stereocenters. The van der Waals surface area contributed by atoms with Crippen LogP contribution >= 0.6 is 31.9 Å². The standard InChI is InChI=1S/C14H16Br2FN3O/c1-19(2)5-6-20-13(11(16)8-18-20)14(21)9-3-4-12(17)10(15)7-9/h3-4,7-8,14,21H,5-6H2,1-2H3. The van der Waals surface area contributed by atoms with E-state index in [1.54, 1.807) is 23.0 Å². The molecule has 0 aliphatic rings. The monoisotopic (exact) mass is 419 g/mol. The minimum absolute atomic E-state index is 0.328. The average molecular weight is 421 g/mol. The SMILES string of the molecule is CN(C)CCn1ncc(Br)c1C(O)c1ccc(F)c(Br)c1. The first-order chi connectivity index (χ1) is 9.90. The molecule has 1 N–H and O–H groups in total. The van der Waals surface area contributed by atoms with Crippen LogP contribution in [0.4, 0.5) is 4.39 Å². The highest BCUT2D eigenvalue weighted by molar-refractivity contribution is 9.10. The Balaban J connectivity index is 2.31. The molecule has 0 aliphatic carbocycles. The predicted octanol–water partition coefficient (Wildman–Crippen LogP) is 3.19. The van der Waals surface area contributed by atoms with Crippen molar-refractivity contribution in [1.82, 2.24) is 14.7 Å². The molecule has 0 fully saturated rings. The molecule has 0 saturated heterocycles. The second kappa shape index (κ2) is 7.00. The molecule has 7 heteroatoms. The highest BCUT2D eigenvalue weighted by Gasteiger charge is 2.20. The summed E-state index contributed by atoms with van der Waals surface area (Å²) in [6, 6.07) is 4.48. The average Bonchev–Trinajstić information content (AvgIpc) is 2.80. The van der Waals surface area contributed by atoms with E-state index in [-0.39, 0.29) is 5.82 Å². The molecule has 0 saturated carbocycles. The van der Waals surface area contributed by atoms with Gasteiger partial charge in [-0.3, -0.25) is 4.68 Å². The van der Waals surface area contributed by atoms with Crippen LogP contribution in [0.3, 0.4) is 0 Å². The zero-order valence-corrected chi connectivity index (χ0v) is 14.9. The molecular formula is C14H16Br2FN3O. The van der Waals surface area contributed by atoms with E-state index in [0.29, 0.717) is 22.3 Å². The van der Waals surface area contributed by atoms with Crippen molar-refractivity contribution in [3.05, 3.63) is 50.4 Å². The first-order valence-electron chi connectivity index (χ1n) is 6.39. The fourth-order valence-electron chi connectivity index (χ4n) is 1.96. The normalized spacial score (nSPS) is 12.9. The molecule has 1 aromatic carbocycles. The zero-order valence-electron chi connectivity index (χ0n) is 11.7. The van der Waals surface area contributed by atoms with Crippen molar-refractivity contribution in [2.24, 2.45) is 0 Å². The Morgan fingerprint density at radius 2 is 2.05 bits per heavy atom. The molecule has 0 spiro atoms. The number of benzene rings is 1. The highest BCUT2D eigenvalue weighted by atomic mass is 79.9. The lowest BCUT2D eigenvalue weighted by Crippen LogP contribution is -2.21. The van der Waals surface area contributed by atoms with E-state index in [1.165, 1.54) is 6.07 Å². The number of halogens is 3. The topological polar surface area (TPSA) is 41.3 Å². The number of likely N-dealkylation sites (N-methyl/N-ethyl adjacent to an activating group) is 1. The maximum Gasteiger partial charge on any atom is 0.137 e. The summed E-state index contributed by atoms with van der Waals surface area (Å²) in [6.45, 7) is 1.47. The molecule has 0 radical (unpaired) electrons. The number of aliphatic hydroxyl groups excluding tert-OH is 1. The summed E-state index contributed by atoms with van der Waals surface area (Å²) >= 11 is 6.55. The summed E-state index contributed by atoms with van der Waals surface area (Å²) in [4.78, 5) is 2.04. The molecule has 1 heterocycles. The second-order valence-electron chi connectivity index (χ2n) is 4.98. The maximum atomic E-state index is 13.3. The molecule has 0 aliphatic heterocycles. The quantitative estimate of drug-likeness (QED) is 0.807. The third-order valence-electron chi connectivity index (χ3n) is 3.11. The molecule has 1 unspecified atom stereocenters. The number of nitrogens with zero attached hydrogens (tertiary/aromatic N) is 3. The fraction of sp³-hybridized carbons (Fsp3) is 0.357.